The highest BCUT2D eigenvalue weighted by molar-refractivity contribution is 14.0. The number of hydrogen-bond acceptors (Lipinski definition) is 4. The zero-order chi connectivity index (χ0) is 20.5. The van der Waals surface area contributed by atoms with Gasteiger partial charge in [0.05, 0.1) is 25.5 Å². The van der Waals surface area contributed by atoms with Crippen molar-refractivity contribution in [3.8, 4) is 0 Å². The molecule has 1 aromatic carbocycles. The first-order valence-electron chi connectivity index (χ1n) is 10.2. The van der Waals surface area contributed by atoms with Crippen molar-refractivity contribution < 1.29 is 9.13 Å². The number of halogens is 2. The average molecular weight is 530 g/mol. The summed E-state index contributed by atoms with van der Waals surface area (Å²) in [7, 11) is 1.77. The monoisotopic (exact) mass is 530 g/mol. The van der Waals surface area contributed by atoms with E-state index in [0.29, 0.717) is 6.54 Å². The summed E-state index contributed by atoms with van der Waals surface area (Å²) in [5, 5.41) is 11.1. The summed E-state index contributed by atoms with van der Waals surface area (Å²) in [6.07, 6.45) is 4.87. The largest absolute Gasteiger partial charge is 0.379 e. The smallest absolute Gasteiger partial charge is 0.191 e. The molecule has 1 fully saturated rings. The Morgan fingerprint density at radius 2 is 1.97 bits per heavy atom. The molecule has 0 radical (unpaired) electrons. The quantitative estimate of drug-likeness (QED) is 0.238. The highest BCUT2D eigenvalue weighted by atomic mass is 127. The van der Waals surface area contributed by atoms with Gasteiger partial charge in [-0.15, -0.1) is 24.0 Å². The van der Waals surface area contributed by atoms with Crippen molar-refractivity contribution in [1.82, 2.24) is 25.3 Å². The van der Waals surface area contributed by atoms with E-state index in [1.807, 2.05) is 36.1 Å². The van der Waals surface area contributed by atoms with E-state index >= 15 is 0 Å². The van der Waals surface area contributed by atoms with E-state index in [4.69, 9.17) is 4.74 Å². The summed E-state index contributed by atoms with van der Waals surface area (Å²) < 4.78 is 20.8. The second-order valence-electron chi connectivity index (χ2n) is 7.23. The lowest BCUT2D eigenvalue weighted by atomic mass is 10.0. The maximum absolute atomic E-state index is 13.4. The van der Waals surface area contributed by atoms with Gasteiger partial charge in [-0.3, -0.25) is 14.6 Å². The molecule has 1 aliphatic heterocycles. The fraction of sp³-hybridized carbons (Fsp3) is 0.524. The number of nitrogens with one attached hydrogen (secondary N) is 2. The third-order valence-electron chi connectivity index (χ3n) is 5.05. The first kappa shape index (κ1) is 24.5. The average Bonchev–Trinajstić information content (AvgIpc) is 3.16. The van der Waals surface area contributed by atoms with Crippen LogP contribution in [-0.2, 0) is 11.3 Å². The van der Waals surface area contributed by atoms with Gasteiger partial charge in [-0.25, -0.2) is 4.39 Å². The minimum Gasteiger partial charge on any atom is -0.379 e. The van der Waals surface area contributed by atoms with E-state index in [2.05, 4.69) is 25.6 Å². The van der Waals surface area contributed by atoms with Crippen molar-refractivity contribution >= 4 is 29.9 Å². The van der Waals surface area contributed by atoms with Crippen LogP contribution in [0.1, 0.15) is 23.6 Å². The van der Waals surface area contributed by atoms with E-state index in [1.54, 1.807) is 7.05 Å². The van der Waals surface area contributed by atoms with E-state index < -0.39 is 0 Å². The molecule has 30 heavy (non-hydrogen) atoms. The Balaban J connectivity index is 0.00000320. The Morgan fingerprint density at radius 3 is 2.60 bits per heavy atom. The molecule has 1 aliphatic rings. The summed E-state index contributed by atoms with van der Waals surface area (Å²) in [5.41, 5.74) is 2.26. The van der Waals surface area contributed by atoms with Crippen molar-refractivity contribution in [2.75, 3.05) is 46.4 Å². The van der Waals surface area contributed by atoms with Crippen LogP contribution in [0.15, 0.2) is 41.7 Å². The van der Waals surface area contributed by atoms with E-state index in [0.717, 1.165) is 57.3 Å². The Morgan fingerprint density at radius 1 is 1.23 bits per heavy atom. The predicted molar refractivity (Wildman–Crippen MR) is 128 cm³/mol. The number of hydrogen-bond donors (Lipinski definition) is 2. The van der Waals surface area contributed by atoms with Crippen LogP contribution in [0.25, 0.3) is 0 Å². The van der Waals surface area contributed by atoms with Crippen molar-refractivity contribution in [1.29, 1.82) is 0 Å². The molecule has 166 valence electrons. The normalized spacial score (nSPS) is 16.0. The van der Waals surface area contributed by atoms with Crippen molar-refractivity contribution in [2.24, 2.45) is 4.99 Å². The molecule has 0 amide bonds. The summed E-state index contributed by atoms with van der Waals surface area (Å²) in [6.45, 7) is 7.55. The first-order valence-corrected chi connectivity index (χ1v) is 10.2. The lowest BCUT2D eigenvalue weighted by Crippen LogP contribution is -2.46. The number of aliphatic imine (C=N–C) groups is 1. The molecule has 9 heteroatoms. The van der Waals surface area contributed by atoms with Crippen LogP contribution in [0.5, 0.6) is 0 Å². The van der Waals surface area contributed by atoms with Gasteiger partial charge in [0.15, 0.2) is 5.96 Å². The zero-order valence-electron chi connectivity index (χ0n) is 17.7. The molecule has 0 bridgehead atoms. The van der Waals surface area contributed by atoms with Gasteiger partial charge in [0.1, 0.15) is 5.82 Å². The van der Waals surface area contributed by atoms with E-state index in [-0.39, 0.29) is 35.8 Å². The second kappa shape index (κ2) is 12.9. The Labute approximate surface area is 195 Å². The van der Waals surface area contributed by atoms with E-state index in [1.165, 1.54) is 17.7 Å². The molecule has 2 aromatic rings. The maximum atomic E-state index is 13.4. The highest BCUT2D eigenvalue weighted by Gasteiger charge is 2.23. The molecular weight excluding hydrogens is 498 g/mol. The van der Waals surface area contributed by atoms with Crippen molar-refractivity contribution in [3.05, 3.63) is 53.6 Å². The Kier molecular flexibility index (Phi) is 10.5. The van der Waals surface area contributed by atoms with E-state index in [9.17, 15) is 4.39 Å². The van der Waals surface area contributed by atoms with Crippen molar-refractivity contribution in [3.63, 3.8) is 0 Å². The van der Waals surface area contributed by atoms with Gasteiger partial charge in [-0.05, 0) is 36.6 Å². The van der Waals surface area contributed by atoms with Gasteiger partial charge in [0.25, 0.3) is 0 Å². The van der Waals surface area contributed by atoms with Crippen LogP contribution in [0.4, 0.5) is 4.39 Å². The molecule has 1 saturated heterocycles. The first-order chi connectivity index (χ1) is 14.2. The third-order valence-corrected chi connectivity index (χ3v) is 5.05. The molecular formula is C21H32FIN6O. The summed E-state index contributed by atoms with van der Waals surface area (Å²) in [6, 6.07) is 6.89. The van der Waals surface area contributed by atoms with Crippen LogP contribution in [0, 0.1) is 12.7 Å². The number of morpholine rings is 1. The predicted octanol–water partition coefficient (Wildman–Crippen LogP) is 2.58. The fourth-order valence-corrected chi connectivity index (χ4v) is 3.48. The van der Waals surface area contributed by atoms with Crippen molar-refractivity contribution in [2.45, 2.75) is 25.9 Å². The standard InChI is InChI=1S/C21H31FN6O.HI/c1-17-14-26-28(16-17)9-3-8-24-21(23-2)25-15-20(27-10-12-29-13-11-27)18-4-6-19(22)7-5-18;/h4-7,14,16,20H,3,8-13,15H2,1-2H3,(H2,23,24,25);1H. The third kappa shape index (κ3) is 7.51. The molecule has 0 aliphatic carbocycles. The minimum absolute atomic E-state index is 0. The number of benzene rings is 1. The fourth-order valence-electron chi connectivity index (χ4n) is 3.48. The number of aryl methyl sites for hydroxylation is 2. The van der Waals surface area contributed by atoms with Crippen LogP contribution in [0.3, 0.4) is 0 Å². The van der Waals surface area contributed by atoms with Crippen LogP contribution >= 0.6 is 24.0 Å². The van der Waals surface area contributed by atoms with Gasteiger partial charge in [0.2, 0.25) is 0 Å². The summed E-state index contributed by atoms with van der Waals surface area (Å²) in [4.78, 5) is 6.70. The highest BCUT2D eigenvalue weighted by Crippen LogP contribution is 2.21. The molecule has 1 aromatic heterocycles. The van der Waals surface area contributed by atoms with Crippen LogP contribution in [-0.4, -0.2) is 67.1 Å². The van der Waals surface area contributed by atoms with Gasteiger partial charge < -0.3 is 15.4 Å². The molecule has 1 atom stereocenters. The Bertz CT molecular complexity index is 776. The van der Waals surface area contributed by atoms with Gasteiger partial charge >= 0.3 is 0 Å². The lowest BCUT2D eigenvalue weighted by Gasteiger charge is -2.35. The molecule has 7 nitrogen and oxygen atoms in total. The topological polar surface area (TPSA) is 66.7 Å². The van der Waals surface area contributed by atoms with Crippen LogP contribution < -0.4 is 10.6 Å². The maximum Gasteiger partial charge on any atom is 0.191 e. The molecule has 1 unspecified atom stereocenters. The number of nitrogens with zero attached hydrogens (tertiary/aromatic N) is 4. The number of guanidine groups is 1. The molecule has 0 saturated carbocycles. The summed E-state index contributed by atoms with van der Waals surface area (Å²) >= 11 is 0. The number of aromatic nitrogens is 2. The molecule has 2 heterocycles. The number of ether oxygens (including phenoxy) is 1. The zero-order valence-corrected chi connectivity index (χ0v) is 20.0. The Hall–Kier alpha value is -1.72. The van der Waals surface area contributed by atoms with Gasteiger partial charge in [-0.1, -0.05) is 12.1 Å². The minimum atomic E-state index is -0.215. The van der Waals surface area contributed by atoms with Gasteiger partial charge in [0, 0.05) is 46.0 Å². The molecule has 3 rings (SSSR count). The number of rotatable bonds is 8. The second-order valence-corrected chi connectivity index (χ2v) is 7.23. The lowest BCUT2D eigenvalue weighted by molar-refractivity contribution is 0.0170. The summed E-state index contributed by atoms with van der Waals surface area (Å²) in [5.74, 6) is 0.550. The van der Waals surface area contributed by atoms with Crippen LogP contribution in [0.2, 0.25) is 0 Å². The molecule has 0 spiro atoms. The molecule has 2 N–H and O–H groups in total. The SMILES string of the molecule is CN=C(NCCCn1cc(C)cn1)NCC(c1ccc(F)cc1)N1CCOCC1.I. The van der Waals surface area contributed by atoms with Gasteiger partial charge in [-0.2, -0.15) is 5.10 Å².